The van der Waals surface area contributed by atoms with Crippen molar-refractivity contribution in [3.05, 3.63) is 65.7 Å². The minimum Gasteiger partial charge on any atom is -0.494 e. The first-order chi connectivity index (χ1) is 9.79. The topological polar surface area (TPSA) is 41.8 Å². The average molecular weight is 269 g/mol. The van der Waals surface area contributed by atoms with Gasteiger partial charge in [-0.05, 0) is 55.2 Å². The lowest BCUT2D eigenvalue weighted by Crippen LogP contribution is -2.00. The second kappa shape index (κ2) is 7.34. The molecule has 0 atom stereocenters. The number of aryl methyl sites for hydroxylation is 1. The molecule has 3 heteroatoms. The molecule has 0 spiro atoms. The van der Waals surface area contributed by atoms with Crippen molar-refractivity contribution >= 4 is 5.71 Å². The highest BCUT2D eigenvalue weighted by atomic mass is 16.5. The number of nitrogens with zero attached hydrogens (tertiary/aromatic N) is 1. The third-order valence-electron chi connectivity index (χ3n) is 3.14. The summed E-state index contributed by atoms with van der Waals surface area (Å²) in [5.41, 5.74) is 2.82. The standard InChI is InChI=1S/C17H19NO2/c1-14(18-19)16-9-11-17(12-10-16)20-13-5-8-15-6-3-2-4-7-15/h2-4,6-7,9-12,19H,5,8,13H2,1H3/b18-14+. The summed E-state index contributed by atoms with van der Waals surface area (Å²) in [7, 11) is 0. The largest absolute Gasteiger partial charge is 0.494 e. The predicted octanol–water partition coefficient (Wildman–Crippen LogP) is 3.90. The van der Waals surface area contributed by atoms with Crippen molar-refractivity contribution in [1.29, 1.82) is 0 Å². The van der Waals surface area contributed by atoms with Gasteiger partial charge in [0.05, 0.1) is 12.3 Å². The van der Waals surface area contributed by atoms with Crippen LogP contribution < -0.4 is 4.74 Å². The molecule has 1 N–H and O–H groups in total. The Morgan fingerprint density at radius 1 is 1.05 bits per heavy atom. The summed E-state index contributed by atoms with van der Waals surface area (Å²) in [6.45, 7) is 2.46. The van der Waals surface area contributed by atoms with Gasteiger partial charge in [-0.1, -0.05) is 35.5 Å². The van der Waals surface area contributed by atoms with Crippen molar-refractivity contribution in [2.24, 2.45) is 5.16 Å². The second-order valence-corrected chi connectivity index (χ2v) is 4.65. The van der Waals surface area contributed by atoms with E-state index in [9.17, 15) is 0 Å². The monoisotopic (exact) mass is 269 g/mol. The SMILES string of the molecule is C/C(=N\O)c1ccc(OCCCc2ccccc2)cc1. The zero-order valence-corrected chi connectivity index (χ0v) is 11.6. The van der Waals surface area contributed by atoms with E-state index in [4.69, 9.17) is 9.94 Å². The molecular weight excluding hydrogens is 250 g/mol. The Morgan fingerprint density at radius 3 is 2.40 bits per heavy atom. The van der Waals surface area contributed by atoms with Gasteiger partial charge in [0.1, 0.15) is 5.75 Å². The third-order valence-corrected chi connectivity index (χ3v) is 3.14. The van der Waals surface area contributed by atoms with Crippen LogP contribution in [0.25, 0.3) is 0 Å². The predicted molar refractivity (Wildman–Crippen MR) is 80.7 cm³/mol. The highest BCUT2D eigenvalue weighted by Gasteiger charge is 1.99. The van der Waals surface area contributed by atoms with Crippen molar-refractivity contribution in [3.8, 4) is 5.75 Å². The molecule has 0 radical (unpaired) electrons. The maximum atomic E-state index is 8.70. The van der Waals surface area contributed by atoms with E-state index in [2.05, 4.69) is 29.4 Å². The van der Waals surface area contributed by atoms with Crippen LogP contribution in [0.3, 0.4) is 0 Å². The van der Waals surface area contributed by atoms with Gasteiger partial charge in [-0.25, -0.2) is 0 Å². The summed E-state index contributed by atoms with van der Waals surface area (Å²) >= 11 is 0. The van der Waals surface area contributed by atoms with Crippen LogP contribution in [0.1, 0.15) is 24.5 Å². The molecule has 3 nitrogen and oxygen atoms in total. The van der Waals surface area contributed by atoms with E-state index >= 15 is 0 Å². The Balaban J connectivity index is 1.77. The maximum Gasteiger partial charge on any atom is 0.119 e. The summed E-state index contributed by atoms with van der Waals surface area (Å²) < 4.78 is 5.69. The number of rotatable bonds is 6. The average Bonchev–Trinajstić information content (AvgIpc) is 2.52. The van der Waals surface area contributed by atoms with Gasteiger partial charge in [-0.3, -0.25) is 0 Å². The summed E-state index contributed by atoms with van der Waals surface area (Å²) in [5.74, 6) is 0.840. The van der Waals surface area contributed by atoms with Crippen LogP contribution in [0.4, 0.5) is 0 Å². The molecule has 2 aromatic carbocycles. The fourth-order valence-electron chi connectivity index (χ4n) is 1.96. The van der Waals surface area contributed by atoms with Crippen LogP contribution in [-0.2, 0) is 6.42 Å². The summed E-state index contributed by atoms with van der Waals surface area (Å²) in [4.78, 5) is 0. The lowest BCUT2D eigenvalue weighted by molar-refractivity contribution is 0.311. The Hall–Kier alpha value is -2.29. The number of hydrogen-bond acceptors (Lipinski definition) is 3. The van der Waals surface area contributed by atoms with Crippen LogP contribution in [-0.4, -0.2) is 17.5 Å². The van der Waals surface area contributed by atoms with Crippen LogP contribution in [0, 0.1) is 0 Å². The molecule has 0 heterocycles. The van der Waals surface area contributed by atoms with E-state index in [1.807, 2.05) is 30.3 Å². The van der Waals surface area contributed by atoms with Crippen molar-refractivity contribution < 1.29 is 9.94 Å². The minimum absolute atomic E-state index is 0.598. The molecule has 104 valence electrons. The number of oxime groups is 1. The van der Waals surface area contributed by atoms with Crippen LogP contribution in [0.5, 0.6) is 5.75 Å². The molecule has 0 bridgehead atoms. The molecule has 0 aliphatic heterocycles. The molecule has 0 saturated heterocycles. The van der Waals surface area contributed by atoms with Gasteiger partial charge in [-0.15, -0.1) is 0 Å². The number of hydrogen-bond donors (Lipinski definition) is 1. The lowest BCUT2D eigenvalue weighted by atomic mass is 10.1. The van der Waals surface area contributed by atoms with Crippen LogP contribution in [0.2, 0.25) is 0 Å². The molecule has 0 fully saturated rings. The van der Waals surface area contributed by atoms with Gasteiger partial charge in [0, 0.05) is 0 Å². The molecule has 2 aromatic rings. The van der Waals surface area contributed by atoms with Crippen LogP contribution >= 0.6 is 0 Å². The zero-order chi connectivity index (χ0) is 14.2. The molecule has 20 heavy (non-hydrogen) atoms. The Labute approximate surface area is 119 Å². The lowest BCUT2D eigenvalue weighted by Gasteiger charge is -2.07. The highest BCUT2D eigenvalue weighted by Crippen LogP contribution is 2.13. The smallest absolute Gasteiger partial charge is 0.119 e. The van der Waals surface area contributed by atoms with Crippen molar-refractivity contribution in [1.82, 2.24) is 0 Å². The molecule has 0 amide bonds. The van der Waals surface area contributed by atoms with Gasteiger partial charge in [-0.2, -0.15) is 0 Å². The quantitative estimate of drug-likeness (QED) is 0.374. The Kier molecular flexibility index (Phi) is 5.18. The zero-order valence-electron chi connectivity index (χ0n) is 11.6. The van der Waals surface area contributed by atoms with E-state index in [-0.39, 0.29) is 0 Å². The fourth-order valence-corrected chi connectivity index (χ4v) is 1.96. The van der Waals surface area contributed by atoms with E-state index in [1.54, 1.807) is 6.92 Å². The molecule has 0 aliphatic rings. The normalized spacial score (nSPS) is 11.3. The van der Waals surface area contributed by atoms with E-state index in [0.29, 0.717) is 12.3 Å². The van der Waals surface area contributed by atoms with Gasteiger partial charge in [0.25, 0.3) is 0 Å². The fraction of sp³-hybridized carbons (Fsp3) is 0.235. The summed E-state index contributed by atoms with van der Waals surface area (Å²) in [6, 6.07) is 18.0. The minimum atomic E-state index is 0.598. The summed E-state index contributed by atoms with van der Waals surface area (Å²) in [6.07, 6.45) is 2.01. The number of ether oxygens (including phenoxy) is 1. The van der Waals surface area contributed by atoms with Gasteiger partial charge in [0.2, 0.25) is 0 Å². The third kappa shape index (κ3) is 4.12. The molecule has 2 rings (SSSR count). The first-order valence-electron chi connectivity index (χ1n) is 6.75. The molecule has 0 saturated carbocycles. The van der Waals surface area contributed by atoms with E-state index in [0.717, 1.165) is 24.2 Å². The van der Waals surface area contributed by atoms with Gasteiger partial charge >= 0.3 is 0 Å². The van der Waals surface area contributed by atoms with Crippen molar-refractivity contribution in [2.75, 3.05) is 6.61 Å². The van der Waals surface area contributed by atoms with Gasteiger partial charge < -0.3 is 9.94 Å². The van der Waals surface area contributed by atoms with Crippen molar-refractivity contribution in [2.45, 2.75) is 19.8 Å². The first-order valence-corrected chi connectivity index (χ1v) is 6.75. The molecule has 0 aromatic heterocycles. The Morgan fingerprint density at radius 2 is 1.75 bits per heavy atom. The highest BCUT2D eigenvalue weighted by molar-refractivity contribution is 5.98. The Bertz CT molecular complexity index is 547. The molecular formula is C17H19NO2. The maximum absolute atomic E-state index is 8.70. The van der Waals surface area contributed by atoms with E-state index < -0.39 is 0 Å². The van der Waals surface area contributed by atoms with Crippen LogP contribution in [0.15, 0.2) is 59.8 Å². The molecule has 0 unspecified atom stereocenters. The number of benzene rings is 2. The first kappa shape index (κ1) is 14.1. The van der Waals surface area contributed by atoms with Crippen molar-refractivity contribution in [3.63, 3.8) is 0 Å². The second-order valence-electron chi connectivity index (χ2n) is 4.65. The molecule has 0 aliphatic carbocycles. The summed E-state index contributed by atoms with van der Waals surface area (Å²) in [5, 5.41) is 11.9. The van der Waals surface area contributed by atoms with Gasteiger partial charge in [0.15, 0.2) is 0 Å². The van der Waals surface area contributed by atoms with E-state index in [1.165, 1.54) is 5.56 Å².